The molecule has 3 aromatic rings. The maximum Gasteiger partial charge on any atom is 0.229 e. The highest BCUT2D eigenvalue weighted by Gasteiger charge is 2.44. The molecule has 0 radical (unpaired) electrons. The Hall–Kier alpha value is -2.78. The van der Waals surface area contributed by atoms with E-state index in [1.165, 1.54) is 0 Å². The topological polar surface area (TPSA) is 90.8 Å². The van der Waals surface area contributed by atoms with Crippen molar-refractivity contribution in [1.82, 2.24) is 14.9 Å². The molecule has 1 aliphatic carbocycles. The zero-order valence-corrected chi connectivity index (χ0v) is 21.7. The number of hydrogen-bond donors (Lipinski definition) is 2. The van der Waals surface area contributed by atoms with Crippen molar-refractivity contribution in [3.05, 3.63) is 59.5 Å². The maximum absolute atomic E-state index is 13.0. The lowest BCUT2D eigenvalue weighted by molar-refractivity contribution is -0.123. The molecule has 3 fully saturated rings. The zero-order valence-electron chi connectivity index (χ0n) is 20.9. The number of nitrogens with zero attached hydrogens (tertiary/aromatic N) is 4. The maximum atomic E-state index is 13.0. The smallest absolute Gasteiger partial charge is 0.229 e. The first-order valence-corrected chi connectivity index (χ1v) is 13.4. The number of piperazine rings is 1. The first-order chi connectivity index (χ1) is 17.9. The van der Waals surface area contributed by atoms with E-state index in [-0.39, 0.29) is 23.3 Å². The Morgan fingerprint density at radius 3 is 2.65 bits per heavy atom. The minimum atomic E-state index is -0.469. The largest absolute Gasteiger partial charge is 0.389 e. The van der Waals surface area contributed by atoms with Gasteiger partial charge in [0, 0.05) is 61.5 Å². The molecule has 0 spiro atoms. The number of hydrogen-bond acceptors (Lipinski definition) is 7. The van der Waals surface area contributed by atoms with Crippen molar-refractivity contribution in [3.63, 3.8) is 0 Å². The minimum absolute atomic E-state index is 0.00867. The van der Waals surface area contributed by atoms with E-state index in [0.29, 0.717) is 24.1 Å². The SMILES string of the molecule is CC1(N2CCN(c3cc4cc(NC(=O)C5CCC5c5ccccn5)ncc4cc3Cl)CC2)COCC1O. The summed E-state index contributed by atoms with van der Waals surface area (Å²) in [6.07, 6.45) is 4.90. The van der Waals surface area contributed by atoms with Crippen LogP contribution >= 0.6 is 11.6 Å². The summed E-state index contributed by atoms with van der Waals surface area (Å²) in [7, 11) is 0. The minimum Gasteiger partial charge on any atom is -0.389 e. The third kappa shape index (κ3) is 4.56. The number of halogens is 1. The molecule has 0 bridgehead atoms. The van der Waals surface area contributed by atoms with Crippen molar-refractivity contribution in [2.45, 2.75) is 37.3 Å². The normalized spacial score (nSPS) is 28.3. The second kappa shape index (κ2) is 9.83. The van der Waals surface area contributed by atoms with Gasteiger partial charge in [-0.15, -0.1) is 0 Å². The van der Waals surface area contributed by atoms with E-state index < -0.39 is 6.10 Å². The van der Waals surface area contributed by atoms with E-state index in [1.807, 2.05) is 30.3 Å². The number of aromatic nitrogens is 2. The lowest BCUT2D eigenvalue weighted by atomic mass is 9.71. The number of carbonyl (C=O) groups excluding carboxylic acids is 1. The van der Waals surface area contributed by atoms with E-state index >= 15 is 0 Å². The Kier molecular flexibility index (Phi) is 6.52. The standard InChI is InChI=1S/C28H32ClN5O3/c1-28(17-37-16-25(28)35)34-10-8-33(9-11-34)24-13-18-14-26(31-15-19(18)12-22(24)29)32-27(36)21-6-5-20(21)23-4-2-3-7-30-23/h2-4,7,12-15,20-21,25,35H,5-6,8-11,16-17H2,1H3,(H,31,32,36). The van der Waals surface area contributed by atoms with Crippen LogP contribution in [0.25, 0.3) is 10.8 Å². The highest BCUT2D eigenvalue weighted by Crippen LogP contribution is 2.42. The molecule has 3 aliphatic rings. The average molecular weight is 522 g/mol. The second-order valence-electron chi connectivity index (χ2n) is 10.6. The average Bonchev–Trinajstić information content (AvgIpc) is 3.23. The number of nitrogens with one attached hydrogen (secondary N) is 1. The quantitative estimate of drug-likeness (QED) is 0.529. The van der Waals surface area contributed by atoms with Crippen molar-refractivity contribution in [1.29, 1.82) is 0 Å². The number of anilines is 2. The summed E-state index contributed by atoms with van der Waals surface area (Å²) in [6.45, 7) is 6.27. The Morgan fingerprint density at radius 2 is 1.97 bits per heavy atom. The number of rotatable bonds is 5. The van der Waals surface area contributed by atoms with Gasteiger partial charge in [-0.1, -0.05) is 17.7 Å². The van der Waals surface area contributed by atoms with Crippen LogP contribution < -0.4 is 10.2 Å². The van der Waals surface area contributed by atoms with Gasteiger partial charge in [-0.05, 0) is 55.5 Å². The summed E-state index contributed by atoms with van der Waals surface area (Å²) < 4.78 is 5.53. The van der Waals surface area contributed by atoms with Gasteiger partial charge < -0.3 is 20.1 Å². The molecule has 2 aromatic heterocycles. The van der Waals surface area contributed by atoms with Crippen LogP contribution in [0.2, 0.25) is 5.02 Å². The third-order valence-electron chi connectivity index (χ3n) is 8.45. The molecule has 8 nitrogen and oxygen atoms in total. The van der Waals surface area contributed by atoms with Crippen molar-refractivity contribution >= 4 is 39.8 Å². The number of carbonyl (C=O) groups is 1. The Bertz CT molecular complexity index is 1300. The van der Waals surface area contributed by atoms with E-state index in [0.717, 1.165) is 61.2 Å². The number of pyridine rings is 2. The lowest BCUT2D eigenvalue weighted by Gasteiger charge is -2.45. The number of benzene rings is 1. The number of amides is 1. The molecule has 37 heavy (non-hydrogen) atoms. The first-order valence-electron chi connectivity index (χ1n) is 13.0. The summed E-state index contributed by atoms with van der Waals surface area (Å²) in [5, 5.41) is 16.0. The van der Waals surface area contributed by atoms with Crippen molar-refractivity contribution in [2.24, 2.45) is 5.92 Å². The van der Waals surface area contributed by atoms with Gasteiger partial charge in [0.15, 0.2) is 0 Å². The van der Waals surface area contributed by atoms with Gasteiger partial charge in [0.05, 0.1) is 35.6 Å². The van der Waals surface area contributed by atoms with Crippen LogP contribution in [0.4, 0.5) is 11.5 Å². The third-order valence-corrected chi connectivity index (χ3v) is 8.75. The van der Waals surface area contributed by atoms with Gasteiger partial charge in [-0.25, -0.2) is 4.98 Å². The van der Waals surface area contributed by atoms with Gasteiger partial charge in [0.2, 0.25) is 5.91 Å². The van der Waals surface area contributed by atoms with Crippen LogP contribution in [0.3, 0.4) is 0 Å². The Labute approximate surface area is 221 Å². The van der Waals surface area contributed by atoms with Crippen LogP contribution in [0, 0.1) is 5.92 Å². The van der Waals surface area contributed by atoms with Gasteiger partial charge in [-0.3, -0.25) is 14.7 Å². The number of aliphatic hydroxyl groups excluding tert-OH is 1. The fourth-order valence-corrected chi connectivity index (χ4v) is 6.15. The molecule has 2 saturated heterocycles. The predicted molar refractivity (Wildman–Crippen MR) is 144 cm³/mol. The molecule has 9 heteroatoms. The molecule has 4 atom stereocenters. The summed E-state index contributed by atoms with van der Waals surface area (Å²) in [5.41, 5.74) is 1.61. The molecule has 1 aromatic carbocycles. The van der Waals surface area contributed by atoms with Crippen molar-refractivity contribution in [3.8, 4) is 0 Å². The molecule has 6 rings (SSSR count). The molecule has 194 valence electrons. The summed E-state index contributed by atoms with van der Waals surface area (Å²) in [6, 6.07) is 11.8. The molecular weight excluding hydrogens is 490 g/mol. The van der Waals surface area contributed by atoms with Gasteiger partial charge >= 0.3 is 0 Å². The summed E-state index contributed by atoms with van der Waals surface area (Å²) >= 11 is 6.70. The van der Waals surface area contributed by atoms with Crippen LogP contribution in [0.15, 0.2) is 48.8 Å². The highest BCUT2D eigenvalue weighted by molar-refractivity contribution is 6.34. The first kappa shape index (κ1) is 24.6. The fraction of sp³-hybridized carbons (Fsp3) is 0.464. The molecule has 1 saturated carbocycles. The zero-order chi connectivity index (χ0) is 25.6. The number of ether oxygens (including phenoxy) is 1. The molecule has 4 unspecified atom stereocenters. The fourth-order valence-electron chi connectivity index (χ4n) is 5.86. The Morgan fingerprint density at radius 1 is 1.14 bits per heavy atom. The molecule has 2 N–H and O–H groups in total. The molecule has 2 aliphatic heterocycles. The molecular formula is C28H32ClN5O3. The van der Waals surface area contributed by atoms with Crippen LogP contribution in [-0.4, -0.2) is 76.9 Å². The molecule has 4 heterocycles. The molecule has 1 amide bonds. The number of fused-ring (bicyclic) bond motifs is 1. The number of aliphatic hydroxyl groups is 1. The van der Waals surface area contributed by atoms with Gasteiger partial charge in [0.1, 0.15) is 5.82 Å². The van der Waals surface area contributed by atoms with Crippen LogP contribution in [0.1, 0.15) is 31.4 Å². The highest BCUT2D eigenvalue weighted by atomic mass is 35.5. The van der Waals surface area contributed by atoms with Gasteiger partial charge in [0.25, 0.3) is 0 Å². The summed E-state index contributed by atoms with van der Waals surface area (Å²) in [4.78, 5) is 26.6. The summed E-state index contributed by atoms with van der Waals surface area (Å²) in [5.74, 6) is 0.607. The van der Waals surface area contributed by atoms with Crippen molar-refractivity contribution < 1.29 is 14.6 Å². The van der Waals surface area contributed by atoms with Crippen LogP contribution in [-0.2, 0) is 9.53 Å². The predicted octanol–water partition coefficient (Wildman–Crippen LogP) is 3.69. The van der Waals surface area contributed by atoms with E-state index in [1.54, 1.807) is 12.4 Å². The Balaban J connectivity index is 1.16. The second-order valence-corrected chi connectivity index (χ2v) is 11.0. The van der Waals surface area contributed by atoms with Crippen molar-refractivity contribution in [2.75, 3.05) is 49.6 Å². The van der Waals surface area contributed by atoms with E-state index in [9.17, 15) is 9.90 Å². The van der Waals surface area contributed by atoms with Gasteiger partial charge in [-0.2, -0.15) is 0 Å². The lowest BCUT2D eigenvalue weighted by Crippen LogP contribution is -2.60. The van der Waals surface area contributed by atoms with E-state index in [2.05, 4.69) is 38.1 Å². The monoisotopic (exact) mass is 521 g/mol. The van der Waals surface area contributed by atoms with E-state index in [4.69, 9.17) is 16.3 Å². The van der Waals surface area contributed by atoms with Crippen LogP contribution in [0.5, 0.6) is 0 Å².